The van der Waals surface area contributed by atoms with Crippen LogP contribution in [0.1, 0.15) is 35.4 Å². The summed E-state index contributed by atoms with van der Waals surface area (Å²) in [6, 6.07) is 23.8. The quantitative estimate of drug-likeness (QED) is 0.286. The average molecular weight is 650 g/mol. The van der Waals surface area contributed by atoms with Crippen LogP contribution in [0, 0.1) is 30.6 Å². The Labute approximate surface area is 277 Å². The molecule has 0 radical (unpaired) electrons. The maximum Gasteiger partial charge on any atom is 0.423 e. The molecule has 48 heavy (non-hydrogen) atoms. The second-order valence-electron chi connectivity index (χ2n) is 12.7. The van der Waals surface area contributed by atoms with Gasteiger partial charge in [0.15, 0.2) is 0 Å². The number of imide groups is 4. The first-order valence-electron chi connectivity index (χ1n) is 16.0. The Balaban J connectivity index is 1.42. The molecule has 0 spiro atoms. The predicted molar refractivity (Wildman–Crippen MR) is 172 cm³/mol. The zero-order chi connectivity index (χ0) is 33.7. The van der Waals surface area contributed by atoms with Crippen LogP contribution in [0.4, 0.5) is 10.5 Å². The largest absolute Gasteiger partial charge is 0.491 e. The second-order valence-corrected chi connectivity index (χ2v) is 12.7. The number of nitrogens with one attached hydrogen (secondary N) is 1. The van der Waals surface area contributed by atoms with Crippen molar-refractivity contribution in [3.63, 3.8) is 0 Å². The minimum Gasteiger partial charge on any atom is -0.491 e. The summed E-state index contributed by atoms with van der Waals surface area (Å²) >= 11 is 0. The molecule has 2 heterocycles. The molecule has 2 N–H and O–H groups in total. The Bertz CT molecular complexity index is 1820. The van der Waals surface area contributed by atoms with Gasteiger partial charge in [0.25, 0.3) is 11.8 Å². The predicted octanol–water partition coefficient (Wildman–Crippen LogP) is 4.12. The monoisotopic (exact) mass is 649 g/mol. The number of carbonyl (C=O) groups is 5. The highest BCUT2D eigenvalue weighted by atomic mass is 16.5. The molecule has 6 atom stereocenters. The lowest BCUT2D eigenvalue weighted by Crippen LogP contribution is -2.53. The molecule has 5 amide bonds. The van der Waals surface area contributed by atoms with Crippen LogP contribution in [0.2, 0.25) is 0 Å². The van der Waals surface area contributed by atoms with Crippen molar-refractivity contribution in [1.29, 1.82) is 0 Å². The molecule has 2 aliphatic heterocycles. The van der Waals surface area contributed by atoms with Crippen LogP contribution in [0.15, 0.2) is 90.5 Å². The number of allylic oxidation sites excluding steroid dienone is 2. The lowest BCUT2D eigenvalue weighted by Gasteiger charge is -2.50. The van der Waals surface area contributed by atoms with Crippen LogP contribution < -0.4 is 10.2 Å². The number of hydrogen-bond donors (Lipinski definition) is 2. The van der Waals surface area contributed by atoms with E-state index in [1.807, 2.05) is 67.6 Å². The summed E-state index contributed by atoms with van der Waals surface area (Å²) in [5.41, 5.74) is 5.38. The Morgan fingerprint density at radius 3 is 2.29 bits per heavy atom. The Morgan fingerprint density at radius 1 is 0.917 bits per heavy atom. The summed E-state index contributed by atoms with van der Waals surface area (Å²) in [5, 5.41) is 10.4. The number of benzene rings is 3. The molecule has 0 aromatic heterocycles. The molecule has 2 aliphatic carbocycles. The van der Waals surface area contributed by atoms with Gasteiger partial charge in [-0.3, -0.25) is 24.6 Å². The minimum atomic E-state index is -1.41. The van der Waals surface area contributed by atoms with Gasteiger partial charge < -0.3 is 14.6 Å². The summed E-state index contributed by atoms with van der Waals surface area (Å²) in [5.74, 6) is -5.57. The number of carbonyl (C=O) groups excluding carboxylic acids is 5. The molecule has 246 valence electrons. The summed E-state index contributed by atoms with van der Waals surface area (Å²) < 4.78 is 10.4. The number of amides is 5. The van der Waals surface area contributed by atoms with Crippen LogP contribution in [0.25, 0.3) is 0 Å². The first-order valence-corrected chi connectivity index (χ1v) is 16.0. The van der Waals surface area contributed by atoms with Gasteiger partial charge in [-0.25, -0.2) is 4.79 Å². The molecule has 3 fully saturated rings. The molecular weight excluding hydrogens is 614 g/mol. The number of aliphatic hydroxyl groups excluding tert-OH is 1. The summed E-state index contributed by atoms with van der Waals surface area (Å²) in [4.78, 5) is 70.2. The Morgan fingerprint density at radius 2 is 1.62 bits per heavy atom. The van der Waals surface area contributed by atoms with Crippen molar-refractivity contribution in [2.24, 2.45) is 23.7 Å². The number of rotatable bonds is 7. The van der Waals surface area contributed by atoms with E-state index in [9.17, 15) is 24.3 Å². The topological polar surface area (TPSA) is 143 Å². The van der Waals surface area contributed by atoms with E-state index in [2.05, 4.69) is 5.43 Å². The SMILES string of the molecule is COC(=O)N1C(=O)[C@H]2[C@H](CC=C3[C@H]2C[C@H]2C(=O)N(Nc4ccc(C)cc4)C(=O)[C@@]2(c2ccccc2)[C@H]3c2ccc(OCCO)cc2)C1=O. The van der Waals surface area contributed by atoms with E-state index in [0.29, 0.717) is 21.9 Å². The minimum absolute atomic E-state index is 0.106. The third kappa shape index (κ3) is 4.63. The van der Waals surface area contributed by atoms with Gasteiger partial charge in [0.05, 0.1) is 42.6 Å². The zero-order valence-electron chi connectivity index (χ0n) is 26.5. The zero-order valence-corrected chi connectivity index (χ0v) is 26.5. The van der Waals surface area contributed by atoms with Crippen LogP contribution in [-0.2, 0) is 29.3 Å². The molecule has 0 unspecified atom stereocenters. The van der Waals surface area contributed by atoms with Crippen LogP contribution in [-0.4, -0.2) is 65.1 Å². The van der Waals surface area contributed by atoms with Crippen LogP contribution >= 0.6 is 0 Å². The number of anilines is 1. The third-order valence-corrected chi connectivity index (χ3v) is 10.3. The number of likely N-dealkylation sites (tertiary alicyclic amines) is 1. The molecule has 0 bridgehead atoms. The van der Waals surface area contributed by atoms with Gasteiger partial charge in [-0.2, -0.15) is 9.91 Å². The number of methoxy groups -OCH3 is 1. The first-order chi connectivity index (χ1) is 23.2. The maximum absolute atomic E-state index is 15.1. The molecule has 4 aliphatic rings. The fourth-order valence-corrected chi connectivity index (χ4v) is 8.31. The highest BCUT2D eigenvalue weighted by Gasteiger charge is 2.70. The second kappa shape index (κ2) is 12.1. The summed E-state index contributed by atoms with van der Waals surface area (Å²) in [7, 11) is 1.12. The molecule has 2 saturated heterocycles. The number of fused-ring (bicyclic) bond motifs is 4. The standard InChI is InChI=1S/C37H35N3O8/c1-21-8-12-24(13-9-21)38-40-33(43)29-20-28-26(16-17-27-30(28)34(44)39(32(27)42)36(46)47-2)31(22-10-14-25(15-11-22)48-19-18-41)37(29,35(40)45)23-6-4-3-5-7-23/h3-16,27-31,38,41H,17-20H2,1-2H3/t27-,28+,29-,30-,31-,37+/m0/s1. The lowest BCUT2D eigenvalue weighted by molar-refractivity contribution is -0.140. The molecule has 11 nitrogen and oxygen atoms in total. The molecule has 3 aromatic rings. The number of aliphatic hydroxyl groups is 1. The van der Waals surface area contributed by atoms with E-state index in [0.717, 1.165) is 28.8 Å². The normalized spacial score (nSPS) is 27.6. The first kappa shape index (κ1) is 31.3. The summed E-state index contributed by atoms with van der Waals surface area (Å²) in [6.45, 7) is 1.89. The molecule has 1 saturated carbocycles. The maximum atomic E-state index is 15.1. The van der Waals surface area contributed by atoms with Gasteiger partial charge >= 0.3 is 6.09 Å². The average Bonchev–Trinajstić information content (AvgIpc) is 3.49. The van der Waals surface area contributed by atoms with Gasteiger partial charge in [-0.15, -0.1) is 0 Å². The van der Waals surface area contributed by atoms with Gasteiger partial charge in [-0.1, -0.05) is 71.8 Å². The summed E-state index contributed by atoms with van der Waals surface area (Å²) in [6.07, 6.45) is 1.19. The van der Waals surface area contributed by atoms with Crippen molar-refractivity contribution >= 4 is 35.4 Å². The Hall–Kier alpha value is -5.29. The lowest BCUT2D eigenvalue weighted by atomic mass is 9.49. The van der Waals surface area contributed by atoms with Crippen molar-refractivity contribution in [2.45, 2.75) is 31.1 Å². The van der Waals surface area contributed by atoms with Crippen molar-refractivity contribution in [3.8, 4) is 5.75 Å². The fourth-order valence-electron chi connectivity index (χ4n) is 8.31. The molecular formula is C37H35N3O8. The number of hydrazine groups is 1. The van der Waals surface area contributed by atoms with Crippen molar-refractivity contribution in [3.05, 3.63) is 107 Å². The van der Waals surface area contributed by atoms with E-state index >= 15 is 4.79 Å². The fraction of sp³-hybridized carbons (Fsp3) is 0.324. The number of ether oxygens (including phenoxy) is 2. The van der Waals surface area contributed by atoms with Gasteiger partial charge in [0.1, 0.15) is 12.4 Å². The van der Waals surface area contributed by atoms with E-state index < -0.39 is 64.7 Å². The number of nitrogens with zero attached hydrogens (tertiary/aromatic N) is 2. The number of aryl methyl sites for hydroxylation is 1. The van der Waals surface area contributed by atoms with Gasteiger partial charge in [0, 0.05) is 5.92 Å². The smallest absolute Gasteiger partial charge is 0.423 e. The molecule has 11 heteroatoms. The third-order valence-electron chi connectivity index (χ3n) is 10.3. The van der Waals surface area contributed by atoms with Crippen molar-refractivity contribution < 1.29 is 38.6 Å². The molecule has 7 rings (SSSR count). The van der Waals surface area contributed by atoms with Crippen molar-refractivity contribution in [2.75, 3.05) is 25.7 Å². The van der Waals surface area contributed by atoms with Gasteiger partial charge in [-0.05, 0) is 61.1 Å². The van der Waals surface area contributed by atoms with E-state index in [4.69, 9.17) is 9.47 Å². The molecule has 3 aromatic carbocycles. The van der Waals surface area contributed by atoms with E-state index in [1.54, 1.807) is 24.3 Å². The number of hydrogen-bond acceptors (Lipinski definition) is 9. The van der Waals surface area contributed by atoms with E-state index in [1.165, 1.54) is 0 Å². The van der Waals surface area contributed by atoms with Crippen molar-refractivity contribution in [1.82, 2.24) is 9.91 Å². The van der Waals surface area contributed by atoms with E-state index in [-0.39, 0.29) is 26.1 Å². The highest BCUT2D eigenvalue weighted by molar-refractivity contribution is 6.16. The highest BCUT2D eigenvalue weighted by Crippen LogP contribution is 2.64. The van der Waals surface area contributed by atoms with Gasteiger partial charge in [0.2, 0.25) is 11.8 Å². The van der Waals surface area contributed by atoms with Crippen LogP contribution in [0.3, 0.4) is 0 Å². The van der Waals surface area contributed by atoms with Crippen LogP contribution in [0.5, 0.6) is 5.75 Å². The Kier molecular flexibility index (Phi) is 7.87.